The van der Waals surface area contributed by atoms with Gasteiger partial charge in [-0.25, -0.2) is 0 Å². The van der Waals surface area contributed by atoms with Crippen molar-refractivity contribution >= 4 is 39.2 Å². The molecule has 0 bridgehead atoms. The molecule has 3 rings (SSSR count). The van der Waals surface area contributed by atoms with Crippen molar-refractivity contribution in [2.24, 2.45) is 0 Å². The van der Waals surface area contributed by atoms with Crippen molar-refractivity contribution in [1.29, 1.82) is 0 Å². The van der Waals surface area contributed by atoms with Gasteiger partial charge in [0.15, 0.2) is 0 Å². The van der Waals surface area contributed by atoms with Crippen LogP contribution in [0.3, 0.4) is 0 Å². The molecule has 0 atom stereocenters. The maximum absolute atomic E-state index is 4.92. The summed E-state index contributed by atoms with van der Waals surface area (Å²) >= 11 is 2.38. The Bertz CT molecular complexity index is 607. The van der Waals surface area contributed by atoms with E-state index in [2.05, 4.69) is 53.0 Å². The Morgan fingerprint density at radius 2 is 2.05 bits per heavy atom. The lowest BCUT2D eigenvalue weighted by Crippen LogP contribution is -2.06. The Morgan fingerprint density at radius 1 is 1.21 bits per heavy atom. The van der Waals surface area contributed by atoms with Gasteiger partial charge in [-0.2, -0.15) is 0 Å². The van der Waals surface area contributed by atoms with E-state index in [1.165, 1.54) is 51.6 Å². The zero-order valence-electron chi connectivity index (χ0n) is 11.3. The predicted octanol–water partition coefficient (Wildman–Crippen LogP) is 4.54. The van der Waals surface area contributed by atoms with Crippen LogP contribution >= 0.6 is 22.6 Å². The second kappa shape index (κ2) is 5.65. The number of fused-ring (bicyclic) bond motifs is 2. The molecule has 1 aliphatic carbocycles. The molecule has 0 radical (unpaired) electrons. The highest BCUT2D eigenvalue weighted by Gasteiger charge is 2.16. The minimum absolute atomic E-state index is 0.969. The van der Waals surface area contributed by atoms with Crippen molar-refractivity contribution in [3.05, 3.63) is 33.0 Å². The molecule has 1 aromatic heterocycles. The van der Waals surface area contributed by atoms with Crippen LogP contribution in [0.25, 0.3) is 10.9 Å². The predicted molar refractivity (Wildman–Crippen MR) is 89.9 cm³/mol. The van der Waals surface area contributed by atoms with Crippen LogP contribution in [0.2, 0.25) is 0 Å². The van der Waals surface area contributed by atoms with Gasteiger partial charge in [-0.05, 0) is 79.0 Å². The van der Waals surface area contributed by atoms with Crippen molar-refractivity contribution in [1.82, 2.24) is 4.98 Å². The van der Waals surface area contributed by atoms with Gasteiger partial charge in [0, 0.05) is 26.9 Å². The second-order valence-corrected chi connectivity index (χ2v) is 6.41. The van der Waals surface area contributed by atoms with E-state index in [0.29, 0.717) is 0 Å². The minimum atomic E-state index is 0.969. The third kappa shape index (κ3) is 2.57. The summed E-state index contributed by atoms with van der Waals surface area (Å²) in [6, 6.07) is 6.56. The molecule has 1 heterocycles. The van der Waals surface area contributed by atoms with Gasteiger partial charge in [0.1, 0.15) is 0 Å². The molecule has 19 heavy (non-hydrogen) atoms. The number of hydrogen-bond donors (Lipinski definition) is 1. The van der Waals surface area contributed by atoms with Crippen molar-refractivity contribution in [2.75, 3.05) is 11.9 Å². The molecule has 1 aliphatic rings. The molecule has 1 N–H and O–H groups in total. The molecule has 3 heteroatoms. The van der Waals surface area contributed by atoms with Crippen LogP contribution in [0.4, 0.5) is 5.69 Å². The van der Waals surface area contributed by atoms with Crippen LogP contribution in [0, 0.1) is 3.57 Å². The first kappa shape index (κ1) is 13.2. The summed E-state index contributed by atoms with van der Waals surface area (Å²) in [6.07, 6.45) is 6.21. The van der Waals surface area contributed by atoms with Crippen molar-refractivity contribution in [3.8, 4) is 0 Å². The molecule has 1 aromatic carbocycles. The SMILES string of the molecule is CCNc1c2c(nc3ccc(I)cc13)CCCCC2. The van der Waals surface area contributed by atoms with E-state index in [-0.39, 0.29) is 0 Å². The van der Waals surface area contributed by atoms with E-state index in [4.69, 9.17) is 4.98 Å². The minimum Gasteiger partial charge on any atom is -0.384 e. The van der Waals surface area contributed by atoms with Gasteiger partial charge >= 0.3 is 0 Å². The largest absolute Gasteiger partial charge is 0.384 e. The number of aryl methyl sites for hydroxylation is 1. The number of rotatable bonds is 2. The summed E-state index contributed by atoms with van der Waals surface area (Å²) < 4.78 is 1.28. The van der Waals surface area contributed by atoms with Gasteiger partial charge in [0.25, 0.3) is 0 Å². The Labute approximate surface area is 128 Å². The summed E-state index contributed by atoms with van der Waals surface area (Å²) in [7, 11) is 0. The summed E-state index contributed by atoms with van der Waals surface area (Å²) in [6.45, 7) is 3.14. The highest BCUT2D eigenvalue weighted by atomic mass is 127. The van der Waals surface area contributed by atoms with E-state index >= 15 is 0 Å². The second-order valence-electron chi connectivity index (χ2n) is 5.16. The average molecular weight is 366 g/mol. The Balaban J connectivity index is 2.27. The normalized spacial score (nSPS) is 15.1. The van der Waals surface area contributed by atoms with Crippen molar-refractivity contribution in [3.63, 3.8) is 0 Å². The molecule has 100 valence electrons. The van der Waals surface area contributed by atoms with Crippen LogP contribution in [0.5, 0.6) is 0 Å². The fourth-order valence-electron chi connectivity index (χ4n) is 2.95. The van der Waals surface area contributed by atoms with Gasteiger partial charge in [0.05, 0.1) is 5.52 Å². The Morgan fingerprint density at radius 3 is 2.89 bits per heavy atom. The smallest absolute Gasteiger partial charge is 0.0727 e. The molecule has 2 nitrogen and oxygen atoms in total. The van der Waals surface area contributed by atoms with E-state index in [9.17, 15) is 0 Å². The lowest BCUT2D eigenvalue weighted by Gasteiger charge is -2.16. The standard InChI is InChI=1S/C16H19IN2/c1-2-18-16-12-6-4-3-5-7-14(12)19-15-9-8-11(17)10-13(15)16/h8-10H,2-7H2,1H3,(H,18,19). The van der Waals surface area contributed by atoms with E-state index in [1.807, 2.05) is 0 Å². The Kier molecular flexibility index (Phi) is 3.91. The summed E-state index contributed by atoms with van der Waals surface area (Å²) in [5.41, 5.74) is 5.26. The molecule has 0 amide bonds. The molecule has 0 unspecified atom stereocenters. The van der Waals surface area contributed by atoms with Crippen LogP contribution in [-0.2, 0) is 12.8 Å². The maximum Gasteiger partial charge on any atom is 0.0727 e. The average Bonchev–Trinajstić information content (AvgIpc) is 2.64. The number of benzene rings is 1. The van der Waals surface area contributed by atoms with E-state index in [0.717, 1.165) is 18.5 Å². The molecule has 2 aromatic rings. The topological polar surface area (TPSA) is 24.9 Å². The quantitative estimate of drug-likeness (QED) is 0.624. The van der Waals surface area contributed by atoms with Gasteiger partial charge in [-0.3, -0.25) is 4.98 Å². The number of aromatic nitrogens is 1. The fourth-order valence-corrected chi connectivity index (χ4v) is 3.44. The number of halogens is 1. The zero-order chi connectivity index (χ0) is 13.2. The number of pyridine rings is 1. The first-order valence-corrected chi connectivity index (χ1v) is 8.22. The third-order valence-electron chi connectivity index (χ3n) is 3.83. The van der Waals surface area contributed by atoms with Crippen LogP contribution in [0.15, 0.2) is 18.2 Å². The molecule has 0 saturated carbocycles. The van der Waals surface area contributed by atoms with Crippen LogP contribution in [0.1, 0.15) is 37.4 Å². The molecular formula is C16H19IN2. The van der Waals surface area contributed by atoms with Gasteiger partial charge in [0.2, 0.25) is 0 Å². The number of hydrogen-bond acceptors (Lipinski definition) is 2. The fraction of sp³-hybridized carbons (Fsp3) is 0.438. The first-order chi connectivity index (χ1) is 9.29. The molecule has 0 spiro atoms. The van der Waals surface area contributed by atoms with Crippen LogP contribution < -0.4 is 5.32 Å². The van der Waals surface area contributed by atoms with Crippen molar-refractivity contribution in [2.45, 2.75) is 39.0 Å². The number of anilines is 1. The number of nitrogens with zero attached hydrogens (tertiary/aromatic N) is 1. The van der Waals surface area contributed by atoms with Crippen LogP contribution in [-0.4, -0.2) is 11.5 Å². The molecule has 0 fully saturated rings. The van der Waals surface area contributed by atoms with Crippen molar-refractivity contribution < 1.29 is 0 Å². The molecule has 0 saturated heterocycles. The maximum atomic E-state index is 4.92. The summed E-state index contributed by atoms with van der Waals surface area (Å²) in [4.78, 5) is 4.92. The van der Waals surface area contributed by atoms with E-state index < -0.39 is 0 Å². The lowest BCUT2D eigenvalue weighted by molar-refractivity contribution is 0.709. The van der Waals surface area contributed by atoms with Gasteiger partial charge in [-0.1, -0.05) is 6.42 Å². The molecule has 0 aliphatic heterocycles. The number of nitrogens with one attached hydrogen (secondary N) is 1. The lowest BCUT2D eigenvalue weighted by atomic mass is 10.0. The summed E-state index contributed by atoms with van der Waals surface area (Å²) in [5, 5.41) is 4.88. The third-order valence-corrected chi connectivity index (χ3v) is 4.50. The van der Waals surface area contributed by atoms with Gasteiger partial charge < -0.3 is 5.32 Å². The Hall–Kier alpha value is -0.840. The highest BCUT2D eigenvalue weighted by molar-refractivity contribution is 14.1. The molecular weight excluding hydrogens is 347 g/mol. The highest BCUT2D eigenvalue weighted by Crippen LogP contribution is 2.33. The first-order valence-electron chi connectivity index (χ1n) is 7.14. The van der Waals surface area contributed by atoms with E-state index in [1.54, 1.807) is 0 Å². The monoisotopic (exact) mass is 366 g/mol. The van der Waals surface area contributed by atoms with Gasteiger partial charge in [-0.15, -0.1) is 0 Å². The zero-order valence-corrected chi connectivity index (χ0v) is 13.5. The summed E-state index contributed by atoms with van der Waals surface area (Å²) in [5.74, 6) is 0.